The van der Waals surface area contributed by atoms with E-state index in [0.29, 0.717) is 6.54 Å². The average Bonchev–Trinajstić information content (AvgIpc) is 2.38. The second-order valence-corrected chi connectivity index (χ2v) is 3.65. The summed E-state index contributed by atoms with van der Waals surface area (Å²) in [5.74, 6) is 0. The van der Waals surface area contributed by atoms with Crippen molar-refractivity contribution >= 4 is 0 Å². The lowest BCUT2D eigenvalue weighted by Gasteiger charge is -2.02. The molecule has 3 heteroatoms. The van der Waals surface area contributed by atoms with Gasteiger partial charge in [0.25, 0.3) is 0 Å². The highest BCUT2D eigenvalue weighted by molar-refractivity contribution is 5.57. The van der Waals surface area contributed by atoms with Gasteiger partial charge in [-0.3, -0.25) is 9.97 Å². The molecule has 0 fully saturated rings. The van der Waals surface area contributed by atoms with Gasteiger partial charge in [-0.1, -0.05) is 30.3 Å². The molecule has 0 aliphatic carbocycles. The van der Waals surface area contributed by atoms with Crippen LogP contribution in [0.2, 0.25) is 0 Å². The molecular weight excluding hydrogens is 198 g/mol. The first-order valence-electron chi connectivity index (χ1n) is 5.46. The Labute approximate surface area is 95.4 Å². The zero-order valence-electron chi connectivity index (χ0n) is 9.13. The van der Waals surface area contributed by atoms with Crippen LogP contribution in [0.4, 0.5) is 0 Å². The van der Waals surface area contributed by atoms with Crippen molar-refractivity contribution in [2.45, 2.75) is 12.8 Å². The smallest absolute Gasteiger partial charge is 0.0885 e. The molecule has 1 aromatic carbocycles. The molecule has 82 valence electrons. The molecule has 0 spiro atoms. The fraction of sp³-hybridized carbons (Fsp3) is 0.231. The van der Waals surface area contributed by atoms with E-state index in [-0.39, 0.29) is 0 Å². The van der Waals surface area contributed by atoms with E-state index < -0.39 is 0 Å². The maximum absolute atomic E-state index is 5.45. The van der Waals surface area contributed by atoms with Crippen LogP contribution in [0, 0.1) is 0 Å². The van der Waals surface area contributed by atoms with E-state index in [4.69, 9.17) is 5.73 Å². The van der Waals surface area contributed by atoms with Crippen LogP contribution in [0.5, 0.6) is 0 Å². The summed E-state index contributed by atoms with van der Waals surface area (Å²) in [6.07, 6.45) is 5.51. The van der Waals surface area contributed by atoms with Crippen molar-refractivity contribution in [2.24, 2.45) is 5.73 Å². The molecule has 0 atom stereocenters. The molecule has 1 heterocycles. The second kappa shape index (κ2) is 5.37. The Kier molecular flexibility index (Phi) is 3.62. The lowest BCUT2D eigenvalue weighted by Crippen LogP contribution is -2.02. The van der Waals surface area contributed by atoms with Gasteiger partial charge in [0.15, 0.2) is 0 Å². The van der Waals surface area contributed by atoms with Crippen LogP contribution in [0.15, 0.2) is 42.7 Å². The fourth-order valence-electron chi connectivity index (χ4n) is 1.53. The van der Waals surface area contributed by atoms with Crippen LogP contribution in [-0.4, -0.2) is 16.5 Å². The van der Waals surface area contributed by atoms with Crippen LogP contribution in [0.1, 0.15) is 12.1 Å². The summed E-state index contributed by atoms with van der Waals surface area (Å²) in [5.41, 5.74) is 8.47. The second-order valence-electron chi connectivity index (χ2n) is 3.65. The molecule has 0 radical (unpaired) electrons. The van der Waals surface area contributed by atoms with Gasteiger partial charge in [0.1, 0.15) is 0 Å². The minimum atomic E-state index is 0.697. The third-order valence-corrected chi connectivity index (χ3v) is 2.41. The highest BCUT2D eigenvalue weighted by Gasteiger charge is 1.99. The summed E-state index contributed by atoms with van der Waals surface area (Å²) in [4.78, 5) is 8.77. The normalized spacial score (nSPS) is 10.3. The van der Waals surface area contributed by atoms with Crippen molar-refractivity contribution < 1.29 is 0 Å². The first kappa shape index (κ1) is 10.8. The van der Waals surface area contributed by atoms with Crippen LogP contribution in [0.3, 0.4) is 0 Å². The van der Waals surface area contributed by atoms with Gasteiger partial charge in [0.2, 0.25) is 0 Å². The van der Waals surface area contributed by atoms with Gasteiger partial charge < -0.3 is 5.73 Å². The summed E-state index contributed by atoms with van der Waals surface area (Å²) in [5, 5.41) is 0. The van der Waals surface area contributed by atoms with E-state index in [1.54, 1.807) is 0 Å². The lowest BCUT2D eigenvalue weighted by atomic mass is 10.1. The Balaban J connectivity index is 2.13. The number of benzene rings is 1. The van der Waals surface area contributed by atoms with Crippen molar-refractivity contribution in [3.63, 3.8) is 0 Å². The molecule has 0 unspecified atom stereocenters. The minimum absolute atomic E-state index is 0.697. The molecular formula is C13H15N3. The number of aryl methyl sites for hydroxylation is 1. The number of nitrogens with two attached hydrogens (primary N) is 1. The zero-order valence-corrected chi connectivity index (χ0v) is 9.13. The first-order valence-corrected chi connectivity index (χ1v) is 5.46. The first-order chi connectivity index (χ1) is 7.90. The van der Waals surface area contributed by atoms with Crippen molar-refractivity contribution in [1.29, 1.82) is 0 Å². The van der Waals surface area contributed by atoms with E-state index >= 15 is 0 Å². The fourth-order valence-corrected chi connectivity index (χ4v) is 1.53. The largest absolute Gasteiger partial charge is 0.330 e. The van der Waals surface area contributed by atoms with Gasteiger partial charge in [0, 0.05) is 11.8 Å². The highest BCUT2D eigenvalue weighted by Crippen LogP contribution is 2.14. The van der Waals surface area contributed by atoms with Crippen LogP contribution in [-0.2, 0) is 6.42 Å². The molecule has 3 nitrogen and oxygen atoms in total. The van der Waals surface area contributed by atoms with Crippen LogP contribution in [0.25, 0.3) is 11.3 Å². The molecule has 0 bridgehead atoms. The average molecular weight is 213 g/mol. The quantitative estimate of drug-likeness (QED) is 0.845. The molecule has 0 saturated carbocycles. The lowest BCUT2D eigenvalue weighted by molar-refractivity contribution is 0.805. The van der Waals surface area contributed by atoms with Gasteiger partial charge in [-0.2, -0.15) is 0 Å². The molecule has 2 rings (SSSR count). The Hall–Kier alpha value is -1.74. The number of nitrogens with zero attached hydrogens (tertiary/aromatic N) is 2. The molecule has 16 heavy (non-hydrogen) atoms. The minimum Gasteiger partial charge on any atom is -0.330 e. The Morgan fingerprint density at radius 3 is 2.44 bits per heavy atom. The Bertz CT molecular complexity index is 423. The monoisotopic (exact) mass is 213 g/mol. The van der Waals surface area contributed by atoms with E-state index in [0.717, 1.165) is 29.8 Å². The van der Waals surface area contributed by atoms with E-state index in [9.17, 15) is 0 Å². The number of aromatic nitrogens is 2. The summed E-state index contributed by atoms with van der Waals surface area (Å²) in [6.45, 7) is 0.697. The molecule has 0 aliphatic rings. The summed E-state index contributed by atoms with van der Waals surface area (Å²) in [7, 11) is 0. The molecule has 2 N–H and O–H groups in total. The maximum atomic E-state index is 5.45. The number of hydrogen-bond acceptors (Lipinski definition) is 3. The molecule has 2 aromatic rings. The molecule has 0 amide bonds. The highest BCUT2D eigenvalue weighted by atomic mass is 14.8. The van der Waals surface area contributed by atoms with Crippen molar-refractivity contribution in [3.8, 4) is 11.3 Å². The SMILES string of the molecule is NCCCc1cnc(-c2ccccc2)cn1. The Morgan fingerprint density at radius 2 is 1.81 bits per heavy atom. The van der Waals surface area contributed by atoms with E-state index in [2.05, 4.69) is 9.97 Å². The van der Waals surface area contributed by atoms with Gasteiger partial charge in [-0.25, -0.2) is 0 Å². The Morgan fingerprint density at radius 1 is 1.00 bits per heavy atom. The topological polar surface area (TPSA) is 51.8 Å². The molecule has 1 aromatic heterocycles. The number of hydrogen-bond donors (Lipinski definition) is 1. The maximum Gasteiger partial charge on any atom is 0.0885 e. The predicted octanol–water partition coefficient (Wildman–Crippen LogP) is 2.03. The van der Waals surface area contributed by atoms with Crippen LogP contribution >= 0.6 is 0 Å². The molecule has 0 saturated heterocycles. The van der Waals surface area contributed by atoms with Gasteiger partial charge in [0.05, 0.1) is 17.6 Å². The third-order valence-electron chi connectivity index (χ3n) is 2.41. The van der Waals surface area contributed by atoms with E-state index in [1.165, 1.54) is 0 Å². The standard InChI is InChI=1S/C13H15N3/c14-8-4-7-12-9-16-13(10-15-12)11-5-2-1-3-6-11/h1-3,5-6,9-10H,4,7-8,14H2. The van der Waals surface area contributed by atoms with Crippen molar-refractivity contribution in [2.75, 3.05) is 6.54 Å². The summed E-state index contributed by atoms with van der Waals surface area (Å²) >= 11 is 0. The number of rotatable bonds is 4. The van der Waals surface area contributed by atoms with Gasteiger partial charge >= 0.3 is 0 Å². The summed E-state index contributed by atoms with van der Waals surface area (Å²) in [6, 6.07) is 10.1. The third kappa shape index (κ3) is 2.64. The van der Waals surface area contributed by atoms with E-state index in [1.807, 2.05) is 42.7 Å². The van der Waals surface area contributed by atoms with Gasteiger partial charge in [-0.15, -0.1) is 0 Å². The summed E-state index contributed by atoms with van der Waals surface area (Å²) < 4.78 is 0. The van der Waals surface area contributed by atoms with Crippen LogP contribution < -0.4 is 5.73 Å². The zero-order chi connectivity index (χ0) is 11.2. The predicted molar refractivity (Wildman–Crippen MR) is 64.8 cm³/mol. The van der Waals surface area contributed by atoms with Crippen molar-refractivity contribution in [3.05, 3.63) is 48.4 Å². The molecule has 0 aliphatic heterocycles. The van der Waals surface area contributed by atoms with Gasteiger partial charge in [-0.05, 0) is 19.4 Å². The van der Waals surface area contributed by atoms with Crippen molar-refractivity contribution in [1.82, 2.24) is 9.97 Å².